The molecule has 9 heavy (non-hydrogen) atoms. The molecule has 0 saturated heterocycles. The van der Waals surface area contributed by atoms with Crippen LogP contribution in [0, 0.1) is 5.92 Å². The van der Waals surface area contributed by atoms with E-state index in [0.717, 1.165) is 6.42 Å². The number of nitrogens with two attached hydrogens (primary N) is 2. The van der Waals surface area contributed by atoms with E-state index in [2.05, 4.69) is 5.73 Å². The lowest BCUT2D eigenvalue weighted by Gasteiger charge is -2.14. The smallest absolute Gasteiger partial charge is 0.0489 e. The Balaban J connectivity index is 2.38. The third kappa shape index (κ3) is 0.527. The van der Waals surface area contributed by atoms with Crippen molar-refractivity contribution in [3.05, 3.63) is 17.4 Å². The van der Waals surface area contributed by atoms with Crippen LogP contribution in [0.1, 0.15) is 6.42 Å². The molecule has 0 aromatic carbocycles. The molecule has 0 radical (unpaired) electrons. The Kier molecular flexibility index (Phi) is 0.862. The first kappa shape index (κ1) is 5.24. The van der Waals surface area contributed by atoms with Gasteiger partial charge >= 0.3 is 0 Å². The molecule has 1 saturated carbocycles. The molecule has 1 fully saturated rings. The van der Waals surface area contributed by atoms with E-state index in [1.807, 2.05) is 6.08 Å². The van der Waals surface area contributed by atoms with E-state index >= 15 is 0 Å². The molecule has 3 atom stereocenters. The predicted molar refractivity (Wildman–Crippen MR) is 35.7 cm³/mol. The summed E-state index contributed by atoms with van der Waals surface area (Å²) in [6, 6.07) is 0.265. The highest BCUT2D eigenvalue weighted by Gasteiger charge is 2.36. The van der Waals surface area contributed by atoms with Crippen LogP contribution in [0.15, 0.2) is 17.4 Å². The minimum atomic E-state index is 0.0972. The van der Waals surface area contributed by atoms with Gasteiger partial charge in [0.05, 0.1) is 0 Å². The van der Waals surface area contributed by atoms with Gasteiger partial charge in [0.15, 0.2) is 0 Å². The van der Waals surface area contributed by atoms with Crippen molar-refractivity contribution >= 4 is 0 Å². The normalized spacial score (nSPS) is 46.0. The summed E-state index contributed by atoms with van der Waals surface area (Å²) in [7, 11) is 0. The zero-order valence-corrected chi connectivity index (χ0v) is 5.17. The van der Waals surface area contributed by atoms with Gasteiger partial charge in [-0.25, -0.2) is 0 Å². The minimum absolute atomic E-state index is 0.0972. The van der Waals surface area contributed by atoms with Crippen LogP contribution in [-0.2, 0) is 0 Å². The monoisotopic (exact) mass is 122 g/mol. The second kappa shape index (κ2) is 1.48. The first-order valence-corrected chi connectivity index (χ1v) is 3.26. The summed E-state index contributed by atoms with van der Waals surface area (Å²) in [5.74, 6) is 0.495. The maximum atomic E-state index is 5.75. The summed E-state index contributed by atoms with van der Waals surface area (Å²) in [5, 5.41) is 0. The van der Waals surface area contributed by atoms with E-state index in [1.165, 1.54) is 5.57 Å². The largest absolute Gasteiger partial charge is 0.326 e. The highest BCUT2D eigenvalue weighted by atomic mass is 14.8. The molecule has 2 aliphatic carbocycles. The topological polar surface area (TPSA) is 52.0 Å². The average Bonchev–Trinajstić information content (AvgIpc) is 2.37. The van der Waals surface area contributed by atoms with E-state index in [0.29, 0.717) is 5.92 Å². The lowest BCUT2D eigenvalue weighted by Crippen LogP contribution is -2.41. The molecule has 0 spiro atoms. The molecule has 0 aliphatic heterocycles. The number of rotatable bonds is 0. The highest BCUT2D eigenvalue weighted by Crippen LogP contribution is 2.32. The molecule has 0 heterocycles. The Bertz CT molecular complexity index is 201. The quantitative estimate of drug-likeness (QED) is 0.435. The van der Waals surface area contributed by atoms with Gasteiger partial charge in [0.2, 0.25) is 0 Å². The molecule has 3 unspecified atom stereocenters. The van der Waals surface area contributed by atoms with Crippen molar-refractivity contribution in [2.75, 3.05) is 0 Å². The zero-order chi connectivity index (χ0) is 6.43. The van der Waals surface area contributed by atoms with Gasteiger partial charge in [0.1, 0.15) is 0 Å². The summed E-state index contributed by atoms with van der Waals surface area (Å²) in [5.41, 5.74) is 15.8. The minimum Gasteiger partial charge on any atom is -0.326 e. The van der Waals surface area contributed by atoms with Gasteiger partial charge < -0.3 is 11.5 Å². The Morgan fingerprint density at radius 3 is 2.67 bits per heavy atom. The number of fused-ring (bicyclic) bond motifs is 2. The molecule has 48 valence electrons. The van der Waals surface area contributed by atoms with E-state index in [1.54, 1.807) is 0 Å². The van der Waals surface area contributed by atoms with Gasteiger partial charge in [-0.3, -0.25) is 0 Å². The van der Waals surface area contributed by atoms with Crippen molar-refractivity contribution in [3.63, 3.8) is 0 Å². The van der Waals surface area contributed by atoms with Crippen molar-refractivity contribution in [3.8, 4) is 0 Å². The third-order valence-electron chi connectivity index (χ3n) is 2.25. The van der Waals surface area contributed by atoms with E-state index in [9.17, 15) is 0 Å². The predicted octanol–water partition coefficient (Wildman–Crippen LogP) is -0.244. The van der Waals surface area contributed by atoms with Crippen molar-refractivity contribution in [1.29, 1.82) is 0 Å². The lowest BCUT2D eigenvalue weighted by molar-refractivity contribution is 0.539. The third-order valence-corrected chi connectivity index (χ3v) is 2.25. The maximum Gasteiger partial charge on any atom is 0.0489 e. The van der Waals surface area contributed by atoms with Crippen molar-refractivity contribution in [2.24, 2.45) is 17.4 Å². The van der Waals surface area contributed by atoms with Gasteiger partial charge in [0, 0.05) is 18.0 Å². The van der Waals surface area contributed by atoms with Gasteiger partial charge in [0.25, 0.3) is 0 Å². The summed E-state index contributed by atoms with van der Waals surface area (Å²) in [6.07, 6.45) is 3.10. The summed E-state index contributed by atoms with van der Waals surface area (Å²) < 4.78 is 0. The fraction of sp³-hybridized carbons (Fsp3) is 0.571. The van der Waals surface area contributed by atoms with Gasteiger partial charge in [-0.2, -0.15) is 0 Å². The number of hydrogen-bond donors (Lipinski definition) is 2. The molecular weight excluding hydrogens is 112 g/mol. The zero-order valence-electron chi connectivity index (χ0n) is 5.17. The van der Waals surface area contributed by atoms with Crippen molar-refractivity contribution < 1.29 is 0 Å². The molecule has 2 heteroatoms. The molecular formula is C7H10N2. The highest BCUT2D eigenvalue weighted by molar-refractivity contribution is 5.29. The second-order valence-electron chi connectivity index (χ2n) is 2.81. The molecule has 0 aromatic rings. The molecule has 2 rings (SSSR count). The van der Waals surface area contributed by atoms with Gasteiger partial charge in [-0.1, -0.05) is 0 Å². The molecule has 2 aliphatic rings. The second-order valence-corrected chi connectivity index (χ2v) is 2.81. The lowest BCUT2D eigenvalue weighted by atomic mass is 10.0. The van der Waals surface area contributed by atoms with Crippen molar-refractivity contribution in [2.45, 2.75) is 18.5 Å². The fourth-order valence-corrected chi connectivity index (χ4v) is 1.56. The molecule has 2 nitrogen and oxygen atoms in total. The summed E-state index contributed by atoms with van der Waals surface area (Å²) in [6.45, 7) is 0. The van der Waals surface area contributed by atoms with Crippen LogP contribution < -0.4 is 11.5 Å². The van der Waals surface area contributed by atoms with E-state index in [-0.39, 0.29) is 12.1 Å². The van der Waals surface area contributed by atoms with E-state index in [4.69, 9.17) is 11.5 Å². The first-order chi connectivity index (χ1) is 4.29. The molecule has 4 N–H and O–H groups in total. The number of hydrogen-bond acceptors (Lipinski definition) is 2. The average molecular weight is 122 g/mol. The summed E-state index contributed by atoms with van der Waals surface area (Å²) >= 11 is 0. The Hall–Kier alpha value is -0.560. The van der Waals surface area contributed by atoms with Gasteiger partial charge in [-0.05, 0) is 18.1 Å². The van der Waals surface area contributed by atoms with Crippen molar-refractivity contribution in [1.82, 2.24) is 0 Å². The van der Waals surface area contributed by atoms with Gasteiger partial charge in [-0.15, -0.1) is 5.73 Å². The van der Waals surface area contributed by atoms with Crippen LogP contribution in [-0.4, -0.2) is 12.1 Å². The molecule has 0 amide bonds. The SMILES string of the molecule is NC1C2=C=CC(C2)C1N. The van der Waals surface area contributed by atoms with Crippen LogP contribution in [0.2, 0.25) is 0 Å². The van der Waals surface area contributed by atoms with Crippen LogP contribution >= 0.6 is 0 Å². The van der Waals surface area contributed by atoms with Crippen LogP contribution in [0.25, 0.3) is 0 Å². The Morgan fingerprint density at radius 2 is 2.33 bits per heavy atom. The first-order valence-electron chi connectivity index (χ1n) is 3.26. The van der Waals surface area contributed by atoms with E-state index < -0.39 is 0 Å². The Morgan fingerprint density at radius 1 is 1.56 bits per heavy atom. The Labute approximate surface area is 54.2 Å². The maximum absolute atomic E-state index is 5.75. The summed E-state index contributed by atoms with van der Waals surface area (Å²) in [4.78, 5) is 0. The van der Waals surface area contributed by atoms with Crippen LogP contribution in [0.3, 0.4) is 0 Å². The van der Waals surface area contributed by atoms with Crippen LogP contribution in [0.4, 0.5) is 0 Å². The van der Waals surface area contributed by atoms with Crippen LogP contribution in [0.5, 0.6) is 0 Å². The fourth-order valence-electron chi connectivity index (χ4n) is 1.56. The molecule has 0 aromatic heterocycles. The molecule has 2 bridgehead atoms. The standard InChI is InChI=1S/C7H10N2/c8-6-4-1-2-5(3-4)7(6)9/h1,4,6-7H,3,8-9H2.